The van der Waals surface area contributed by atoms with Gasteiger partial charge in [-0.15, -0.1) is 0 Å². The quantitative estimate of drug-likeness (QED) is 0.640. The lowest BCUT2D eigenvalue weighted by Crippen LogP contribution is -2.39. The molecule has 1 saturated carbocycles. The van der Waals surface area contributed by atoms with E-state index in [1.165, 1.54) is 0 Å². The van der Waals surface area contributed by atoms with Gasteiger partial charge in [0.1, 0.15) is 5.78 Å². The summed E-state index contributed by atoms with van der Waals surface area (Å²) in [5.41, 5.74) is 0. The van der Waals surface area contributed by atoms with Gasteiger partial charge in [-0.05, 0) is 19.9 Å². The molecule has 1 aliphatic rings. The summed E-state index contributed by atoms with van der Waals surface area (Å²) >= 11 is 0. The standard InChI is InChI=1S/C13H24N2O3/c1-15(10-13(17)14-7-8-18-2)9-12(16)11-5-3-4-6-11/h11H,3-10H2,1-2H3,(H,14,17). The molecule has 0 aromatic rings. The number of hydrogen-bond acceptors (Lipinski definition) is 4. The van der Waals surface area contributed by atoms with Crippen molar-refractivity contribution in [2.75, 3.05) is 40.4 Å². The van der Waals surface area contributed by atoms with Gasteiger partial charge in [-0.25, -0.2) is 0 Å². The van der Waals surface area contributed by atoms with Crippen LogP contribution in [-0.2, 0) is 14.3 Å². The van der Waals surface area contributed by atoms with E-state index in [0.29, 0.717) is 19.7 Å². The molecule has 0 atom stereocenters. The Kier molecular flexibility index (Phi) is 6.90. The van der Waals surface area contributed by atoms with E-state index in [0.717, 1.165) is 25.7 Å². The van der Waals surface area contributed by atoms with Crippen LogP contribution in [0, 0.1) is 5.92 Å². The summed E-state index contributed by atoms with van der Waals surface area (Å²) in [5.74, 6) is 0.442. The number of nitrogens with one attached hydrogen (secondary N) is 1. The highest BCUT2D eigenvalue weighted by atomic mass is 16.5. The molecule has 0 spiro atoms. The van der Waals surface area contributed by atoms with Crippen LogP contribution in [0.4, 0.5) is 0 Å². The summed E-state index contributed by atoms with van der Waals surface area (Å²) in [5, 5.41) is 2.74. The summed E-state index contributed by atoms with van der Waals surface area (Å²) in [6.45, 7) is 1.67. The Balaban J connectivity index is 2.17. The summed E-state index contributed by atoms with van der Waals surface area (Å²) in [6, 6.07) is 0. The van der Waals surface area contributed by atoms with Crippen LogP contribution in [0.15, 0.2) is 0 Å². The van der Waals surface area contributed by atoms with Crippen LogP contribution >= 0.6 is 0 Å². The van der Waals surface area contributed by atoms with Crippen LogP contribution in [0.5, 0.6) is 0 Å². The highest BCUT2D eigenvalue weighted by Gasteiger charge is 2.23. The molecule has 0 saturated heterocycles. The highest BCUT2D eigenvalue weighted by Crippen LogP contribution is 2.25. The van der Waals surface area contributed by atoms with Crippen molar-refractivity contribution in [2.45, 2.75) is 25.7 Å². The number of Topliss-reactive ketones (excluding diaryl/α,β-unsaturated/α-hetero) is 1. The monoisotopic (exact) mass is 256 g/mol. The van der Waals surface area contributed by atoms with E-state index in [9.17, 15) is 9.59 Å². The average Bonchev–Trinajstić information content (AvgIpc) is 2.82. The Labute approximate surface area is 109 Å². The lowest BCUT2D eigenvalue weighted by Gasteiger charge is -2.17. The molecule has 1 N–H and O–H groups in total. The van der Waals surface area contributed by atoms with Crippen LogP contribution in [0.3, 0.4) is 0 Å². The number of rotatable bonds is 8. The molecule has 0 aromatic carbocycles. The molecule has 5 heteroatoms. The largest absolute Gasteiger partial charge is 0.383 e. The molecule has 0 aromatic heterocycles. The zero-order valence-electron chi connectivity index (χ0n) is 11.4. The molecule has 0 unspecified atom stereocenters. The maximum atomic E-state index is 11.9. The van der Waals surface area contributed by atoms with Crippen molar-refractivity contribution in [1.29, 1.82) is 0 Å². The molecule has 18 heavy (non-hydrogen) atoms. The maximum Gasteiger partial charge on any atom is 0.234 e. The third-order valence-corrected chi connectivity index (χ3v) is 3.28. The van der Waals surface area contributed by atoms with Crippen molar-refractivity contribution in [3.63, 3.8) is 0 Å². The van der Waals surface area contributed by atoms with Crippen molar-refractivity contribution in [3.05, 3.63) is 0 Å². The van der Waals surface area contributed by atoms with Gasteiger partial charge in [0, 0.05) is 19.6 Å². The second-order valence-electron chi connectivity index (χ2n) is 4.96. The number of ether oxygens (including phenoxy) is 1. The number of nitrogens with zero attached hydrogens (tertiary/aromatic N) is 1. The first-order valence-corrected chi connectivity index (χ1v) is 6.60. The average molecular weight is 256 g/mol. The van der Waals surface area contributed by atoms with Crippen molar-refractivity contribution >= 4 is 11.7 Å². The smallest absolute Gasteiger partial charge is 0.234 e. The van der Waals surface area contributed by atoms with Gasteiger partial charge in [-0.1, -0.05) is 12.8 Å². The van der Waals surface area contributed by atoms with Crippen LogP contribution in [0.2, 0.25) is 0 Å². The zero-order chi connectivity index (χ0) is 13.4. The molecule has 1 fully saturated rings. The minimum atomic E-state index is -0.0613. The Morgan fingerprint density at radius 2 is 1.94 bits per heavy atom. The molecular formula is C13H24N2O3. The third-order valence-electron chi connectivity index (χ3n) is 3.28. The summed E-state index contributed by atoms with van der Waals surface area (Å²) in [4.78, 5) is 25.2. The first kappa shape index (κ1) is 15.1. The van der Waals surface area contributed by atoms with Crippen molar-refractivity contribution in [3.8, 4) is 0 Å². The van der Waals surface area contributed by atoms with Crippen LogP contribution in [-0.4, -0.2) is 57.0 Å². The van der Waals surface area contributed by atoms with Gasteiger partial charge in [0.25, 0.3) is 0 Å². The molecule has 1 amide bonds. The van der Waals surface area contributed by atoms with Crippen molar-refractivity contribution in [2.24, 2.45) is 5.92 Å². The first-order valence-electron chi connectivity index (χ1n) is 6.60. The lowest BCUT2D eigenvalue weighted by molar-refractivity contribution is -0.125. The van der Waals surface area contributed by atoms with E-state index in [1.807, 2.05) is 7.05 Å². The molecular weight excluding hydrogens is 232 g/mol. The van der Waals surface area contributed by atoms with Gasteiger partial charge >= 0.3 is 0 Å². The van der Waals surface area contributed by atoms with E-state index in [4.69, 9.17) is 4.74 Å². The number of hydrogen-bond donors (Lipinski definition) is 1. The molecule has 104 valence electrons. The highest BCUT2D eigenvalue weighted by molar-refractivity contribution is 5.84. The van der Waals surface area contributed by atoms with Crippen molar-refractivity contribution < 1.29 is 14.3 Å². The molecule has 0 bridgehead atoms. The fourth-order valence-electron chi connectivity index (χ4n) is 2.29. The van der Waals surface area contributed by atoms with E-state index in [-0.39, 0.29) is 24.2 Å². The molecule has 0 heterocycles. The summed E-state index contributed by atoms with van der Waals surface area (Å²) in [7, 11) is 3.40. The molecule has 0 aliphatic heterocycles. The number of ketones is 1. The van der Waals surface area contributed by atoms with Gasteiger partial charge in [0.05, 0.1) is 19.7 Å². The summed E-state index contributed by atoms with van der Waals surface area (Å²) in [6.07, 6.45) is 4.37. The molecule has 5 nitrogen and oxygen atoms in total. The third kappa shape index (κ3) is 5.60. The van der Waals surface area contributed by atoms with Crippen molar-refractivity contribution in [1.82, 2.24) is 10.2 Å². The number of likely N-dealkylation sites (N-methyl/N-ethyl adjacent to an activating group) is 1. The number of carbonyl (C=O) groups excluding carboxylic acids is 2. The lowest BCUT2D eigenvalue weighted by atomic mass is 10.0. The Hall–Kier alpha value is -0.940. The number of methoxy groups -OCH3 is 1. The van der Waals surface area contributed by atoms with Crippen LogP contribution in [0.25, 0.3) is 0 Å². The minimum Gasteiger partial charge on any atom is -0.383 e. The molecule has 0 radical (unpaired) electrons. The van der Waals surface area contributed by atoms with Gasteiger partial charge in [0.15, 0.2) is 0 Å². The van der Waals surface area contributed by atoms with E-state index in [2.05, 4.69) is 5.32 Å². The Morgan fingerprint density at radius 1 is 1.28 bits per heavy atom. The number of amides is 1. The first-order chi connectivity index (χ1) is 8.63. The topological polar surface area (TPSA) is 58.6 Å². The van der Waals surface area contributed by atoms with Crippen LogP contribution < -0.4 is 5.32 Å². The Morgan fingerprint density at radius 3 is 2.56 bits per heavy atom. The predicted molar refractivity (Wildman–Crippen MR) is 69.3 cm³/mol. The fourth-order valence-corrected chi connectivity index (χ4v) is 2.29. The zero-order valence-corrected chi connectivity index (χ0v) is 11.4. The predicted octanol–water partition coefficient (Wildman–Crippen LogP) is 0.440. The second kappa shape index (κ2) is 8.21. The normalized spacial score (nSPS) is 16.2. The van der Waals surface area contributed by atoms with Gasteiger partial charge < -0.3 is 10.1 Å². The van der Waals surface area contributed by atoms with E-state index >= 15 is 0 Å². The molecule has 1 rings (SSSR count). The summed E-state index contributed by atoms with van der Waals surface area (Å²) < 4.78 is 4.85. The van der Waals surface area contributed by atoms with E-state index < -0.39 is 0 Å². The van der Waals surface area contributed by atoms with E-state index in [1.54, 1.807) is 12.0 Å². The minimum absolute atomic E-state index is 0.0613. The van der Waals surface area contributed by atoms with Crippen LogP contribution in [0.1, 0.15) is 25.7 Å². The van der Waals surface area contributed by atoms with Gasteiger partial charge in [-0.3, -0.25) is 14.5 Å². The number of carbonyl (C=O) groups is 2. The fraction of sp³-hybridized carbons (Fsp3) is 0.846. The maximum absolute atomic E-state index is 11.9. The second-order valence-corrected chi connectivity index (χ2v) is 4.96. The Bertz CT molecular complexity index is 275. The molecule has 1 aliphatic carbocycles. The van der Waals surface area contributed by atoms with Gasteiger partial charge in [0.2, 0.25) is 5.91 Å². The van der Waals surface area contributed by atoms with Gasteiger partial charge in [-0.2, -0.15) is 0 Å². The SMILES string of the molecule is COCCNC(=O)CN(C)CC(=O)C1CCCC1.